The first-order chi connectivity index (χ1) is 11.0. The summed E-state index contributed by atoms with van der Waals surface area (Å²) in [5.41, 5.74) is 1.56. The number of hydrogen-bond acceptors (Lipinski definition) is 2. The van der Waals surface area contributed by atoms with Gasteiger partial charge in [0.2, 0.25) is 5.91 Å². The molecule has 2 aromatic rings. The minimum atomic E-state index is -0.998. The summed E-state index contributed by atoms with van der Waals surface area (Å²) in [6.45, 7) is 0. The molecule has 0 aliphatic rings. The Labute approximate surface area is 153 Å². The van der Waals surface area contributed by atoms with Crippen LogP contribution in [0.15, 0.2) is 48.5 Å². The zero-order chi connectivity index (χ0) is 16.8. The van der Waals surface area contributed by atoms with Crippen LogP contribution in [0.25, 0.3) is 0 Å². The fraction of sp³-hybridized carbons (Fsp3) is 0.176. The maximum absolute atomic E-state index is 12.5. The molecule has 6 heteroatoms. The van der Waals surface area contributed by atoms with E-state index in [1.54, 1.807) is 30.3 Å². The number of anilines is 1. The van der Waals surface area contributed by atoms with Gasteiger partial charge in [0.15, 0.2) is 0 Å². The standard InChI is InChI=1S/C17H15ClINO3/c18-13-7-5-11(6-8-13)9-12(10-16(21)22)17(23)20-15-4-2-1-3-14(15)19/h1-8,12H,9-10H2,(H,20,23)(H,21,22)/t12-/m0/s1. The first-order valence-electron chi connectivity index (χ1n) is 6.97. The third-order valence-electron chi connectivity index (χ3n) is 3.32. The van der Waals surface area contributed by atoms with E-state index >= 15 is 0 Å². The molecular weight excluding hydrogens is 429 g/mol. The Morgan fingerprint density at radius 2 is 1.78 bits per heavy atom. The molecule has 0 radical (unpaired) electrons. The Balaban J connectivity index is 2.13. The van der Waals surface area contributed by atoms with Crippen LogP contribution in [0.3, 0.4) is 0 Å². The number of hydrogen-bond donors (Lipinski definition) is 2. The van der Waals surface area contributed by atoms with Crippen LogP contribution in [0.5, 0.6) is 0 Å². The van der Waals surface area contributed by atoms with Crippen molar-refractivity contribution in [1.82, 2.24) is 0 Å². The molecule has 0 fully saturated rings. The second-order valence-corrected chi connectivity index (χ2v) is 6.69. The van der Waals surface area contributed by atoms with Gasteiger partial charge in [-0.25, -0.2) is 0 Å². The fourth-order valence-corrected chi connectivity index (χ4v) is 2.82. The summed E-state index contributed by atoms with van der Waals surface area (Å²) in [5, 5.41) is 12.5. The Morgan fingerprint density at radius 1 is 1.13 bits per heavy atom. The average molecular weight is 444 g/mol. The highest BCUT2D eigenvalue weighted by Gasteiger charge is 2.22. The average Bonchev–Trinajstić information content (AvgIpc) is 2.50. The molecule has 1 amide bonds. The lowest BCUT2D eigenvalue weighted by Gasteiger charge is -2.16. The molecule has 0 saturated carbocycles. The number of aliphatic carboxylic acids is 1. The van der Waals surface area contributed by atoms with Crippen LogP contribution in [0, 0.1) is 9.49 Å². The molecule has 2 N–H and O–H groups in total. The molecule has 0 spiro atoms. The number of carboxylic acid groups (broad SMARTS) is 1. The normalized spacial score (nSPS) is 11.7. The summed E-state index contributed by atoms with van der Waals surface area (Å²) in [7, 11) is 0. The van der Waals surface area contributed by atoms with E-state index in [1.807, 2.05) is 18.2 Å². The van der Waals surface area contributed by atoms with Crippen LogP contribution < -0.4 is 5.32 Å². The molecule has 2 rings (SSSR count). The zero-order valence-electron chi connectivity index (χ0n) is 12.1. The molecule has 0 bridgehead atoms. The van der Waals surface area contributed by atoms with Gasteiger partial charge >= 0.3 is 5.97 Å². The van der Waals surface area contributed by atoms with Crippen LogP contribution in [0.1, 0.15) is 12.0 Å². The van der Waals surface area contributed by atoms with E-state index in [2.05, 4.69) is 27.9 Å². The molecule has 0 aliphatic carbocycles. The molecule has 2 aromatic carbocycles. The number of carbonyl (C=O) groups is 2. The summed E-state index contributed by atoms with van der Waals surface area (Å²) >= 11 is 7.97. The third kappa shape index (κ3) is 5.51. The Kier molecular flexibility index (Phi) is 6.41. The van der Waals surface area contributed by atoms with E-state index in [4.69, 9.17) is 16.7 Å². The summed E-state index contributed by atoms with van der Waals surface area (Å²) in [6.07, 6.45) is 0.122. The predicted octanol–water partition coefficient (Wildman–Crippen LogP) is 4.22. The van der Waals surface area contributed by atoms with Gasteiger partial charge in [0, 0.05) is 8.59 Å². The van der Waals surface area contributed by atoms with E-state index in [0.717, 1.165) is 9.13 Å². The monoisotopic (exact) mass is 443 g/mol. The van der Waals surface area contributed by atoms with Crippen molar-refractivity contribution in [3.05, 3.63) is 62.7 Å². The zero-order valence-corrected chi connectivity index (χ0v) is 15.0. The van der Waals surface area contributed by atoms with Crippen molar-refractivity contribution in [2.75, 3.05) is 5.32 Å². The highest BCUT2D eigenvalue weighted by atomic mass is 127. The predicted molar refractivity (Wildman–Crippen MR) is 98.7 cm³/mol. The van der Waals surface area contributed by atoms with Gasteiger partial charge in [0.25, 0.3) is 0 Å². The number of amides is 1. The van der Waals surface area contributed by atoms with Crippen molar-refractivity contribution < 1.29 is 14.7 Å². The minimum Gasteiger partial charge on any atom is -0.481 e. The van der Waals surface area contributed by atoms with Gasteiger partial charge in [-0.05, 0) is 58.8 Å². The highest BCUT2D eigenvalue weighted by Crippen LogP contribution is 2.21. The lowest BCUT2D eigenvalue weighted by molar-refractivity contribution is -0.140. The summed E-state index contributed by atoms with van der Waals surface area (Å²) in [5.74, 6) is -1.95. The lowest BCUT2D eigenvalue weighted by atomic mass is 9.95. The Hall–Kier alpha value is -1.60. The van der Waals surface area contributed by atoms with E-state index in [-0.39, 0.29) is 12.3 Å². The van der Waals surface area contributed by atoms with Crippen LogP contribution in [0.2, 0.25) is 5.02 Å². The quantitative estimate of drug-likeness (QED) is 0.657. The maximum Gasteiger partial charge on any atom is 0.304 e. The van der Waals surface area contributed by atoms with Gasteiger partial charge in [-0.2, -0.15) is 0 Å². The molecule has 0 unspecified atom stereocenters. The van der Waals surface area contributed by atoms with Crippen molar-refractivity contribution in [3.8, 4) is 0 Å². The topological polar surface area (TPSA) is 66.4 Å². The summed E-state index contributed by atoms with van der Waals surface area (Å²) in [6, 6.07) is 14.4. The number of carboxylic acids is 1. The SMILES string of the molecule is O=C(O)C[C@H](Cc1ccc(Cl)cc1)C(=O)Nc1ccccc1I. The van der Waals surface area contributed by atoms with Crippen LogP contribution in [0.4, 0.5) is 5.69 Å². The molecule has 23 heavy (non-hydrogen) atoms. The molecular formula is C17H15ClINO3. The number of carbonyl (C=O) groups excluding carboxylic acids is 1. The van der Waals surface area contributed by atoms with Gasteiger partial charge in [0.05, 0.1) is 18.0 Å². The number of halogens is 2. The summed E-state index contributed by atoms with van der Waals surface area (Å²) < 4.78 is 0.902. The first kappa shape index (κ1) is 17.7. The molecule has 1 atom stereocenters. The molecule has 4 nitrogen and oxygen atoms in total. The van der Waals surface area contributed by atoms with Gasteiger partial charge in [0.1, 0.15) is 0 Å². The molecule has 0 aliphatic heterocycles. The second-order valence-electron chi connectivity index (χ2n) is 5.09. The second kappa shape index (κ2) is 8.31. The van der Waals surface area contributed by atoms with Gasteiger partial charge in [-0.3, -0.25) is 9.59 Å². The van der Waals surface area contributed by atoms with E-state index < -0.39 is 11.9 Å². The van der Waals surface area contributed by atoms with Crippen molar-refractivity contribution in [2.45, 2.75) is 12.8 Å². The third-order valence-corrected chi connectivity index (χ3v) is 4.51. The van der Waals surface area contributed by atoms with Crippen LogP contribution in [-0.2, 0) is 16.0 Å². The van der Waals surface area contributed by atoms with Gasteiger partial charge in [-0.1, -0.05) is 35.9 Å². The maximum atomic E-state index is 12.5. The number of rotatable bonds is 6. The van der Waals surface area contributed by atoms with E-state index in [0.29, 0.717) is 17.1 Å². The van der Waals surface area contributed by atoms with Gasteiger partial charge in [-0.15, -0.1) is 0 Å². The van der Waals surface area contributed by atoms with Crippen molar-refractivity contribution >= 4 is 51.8 Å². The van der Waals surface area contributed by atoms with E-state index in [1.165, 1.54) is 0 Å². The lowest BCUT2D eigenvalue weighted by Crippen LogP contribution is -2.27. The molecule has 0 heterocycles. The molecule has 0 saturated heterocycles. The van der Waals surface area contributed by atoms with Crippen molar-refractivity contribution in [3.63, 3.8) is 0 Å². The van der Waals surface area contributed by atoms with E-state index in [9.17, 15) is 9.59 Å². The van der Waals surface area contributed by atoms with Crippen molar-refractivity contribution in [2.24, 2.45) is 5.92 Å². The van der Waals surface area contributed by atoms with Crippen molar-refractivity contribution in [1.29, 1.82) is 0 Å². The Bertz CT molecular complexity index is 703. The largest absolute Gasteiger partial charge is 0.481 e. The Morgan fingerprint density at radius 3 is 2.39 bits per heavy atom. The molecule has 120 valence electrons. The minimum absolute atomic E-state index is 0.224. The summed E-state index contributed by atoms with van der Waals surface area (Å²) in [4.78, 5) is 23.5. The van der Waals surface area contributed by atoms with Gasteiger partial charge < -0.3 is 10.4 Å². The van der Waals surface area contributed by atoms with Crippen LogP contribution >= 0.6 is 34.2 Å². The molecule has 0 aromatic heterocycles. The highest BCUT2D eigenvalue weighted by molar-refractivity contribution is 14.1. The number of benzene rings is 2. The van der Waals surface area contributed by atoms with Crippen LogP contribution in [-0.4, -0.2) is 17.0 Å². The number of nitrogens with one attached hydrogen (secondary N) is 1. The number of para-hydroxylation sites is 1. The smallest absolute Gasteiger partial charge is 0.304 e. The first-order valence-corrected chi connectivity index (χ1v) is 8.43. The fourth-order valence-electron chi connectivity index (χ4n) is 2.17.